The van der Waals surface area contributed by atoms with E-state index in [2.05, 4.69) is 65.0 Å². The van der Waals surface area contributed by atoms with Crippen LogP contribution in [0.25, 0.3) is 5.57 Å². The van der Waals surface area contributed by atoms with Gasteiger partial charge in [0.25, 0.3) is 0 Å². The predicted molar refractivity (Wildman–Crippen MR) is 79.9 cm³/mol. The van der Waals surface area contributed by atoms with Crippen LogP contribution in [0.3, 0.4) is 0 Å². The van der Waals surface area contributed by atoms with Crippen LogP contribution >= 0.6 is 0 Å². The number of allylic oxidation sites excluding steroid dienone is 2. The van der Waals surface area contributed by atoms with Gasteiger partial charge >= 0.3 is 0 Å². The molecule has 1 aromatic rings. The first-order chi connectivity index (χ1) is 8.54. The topological polar surface area (TPSA) is 9.23 Å². The highest BCUT2D eigenvalue weighted by molar-refractivity contribution is 5.67. The lowest BCUT2D eigenvalue weighted by atomic mass is 9.94. The van der Waals surface area contributed by atoms with Gasteiger partial charge in [-0.2, -0.15) is 0 Å². The van der Waals surface area contributed by atoms with E-state index >= 15 is 0 Å². The van der Waals surface area contributed by atoms with Gasteiger partial charge in [-0.05, 0) is 41.5 Å². The van der Waals surface area contributed by atoms with Gasteiger partial charge in [0.1, 0.15) is 5.75 Å². The summed E-state index contributed by atoms with van der Waals surface area (Å²) >= 11 is 0. The number of ether oxygens (including phenoxy) is 1. The van der Waals surface area contributed by atoms with Crippen LogP contribution in [0.1, 0.15) is 46.6 Å². The largest absolute Gasteiger partial charge is 0.493 e. The highest BCUT2D eigenvalue weighted by Crippen LogP contribution is 2.25. The minimum absolute atomic E-state index is 0.562. The van der Waals surface area contributed by atoms with Gasteiger partial charge in [-0.1, -0.05) is 52.8 Å². The molecule has 0 spiro atoms. The number of benzene rings is 1. The molecule has 0 aromatic heterocycles. The maximum atomic E-state index is 5.70. The van der Waals surface area contributed by atoms with Crippen LogP contribution in [-0.4, -0.2) is 6.61 Å². The molecule has 18 heavy (non-hydrogen) atoms. The summed E-state index contributed by atoms with van der Waals surface area (Å²) in [6.45, 7) is 11.8. The fraction of sp³-hybridized carbons (Fsp3) is 0.529. The third-order valence-electron chi connectivity index (χ3n) is 2.82. The summed E-state index contributed by atoms with van der Waals surface area (Å²) in [5, 5.41) is 0. The summed E-state index contributed by atoms with van der Waals surface area (Å²) in [7, 11) is 0. The molecule has 0 aliphatic rings. The molecule has 0 N–H and O–H groups in total. The molecular formula is C17H26O. The van der Waals surface area contributed by atoms with Crippen molar-refractivity contribution in [2.75, 3.05) is 6.61 Å². The number of hydrogen-bond donors (Lipinski definition) is 0. The Bertz CT molecular complexity index is 371. The van der Waals surface area contributed by atoms with E-state index in [-0.39, 0.29) is 0 Å². The van der Waals surface area contributed by atoms with Crippen LogP contribution in [0.15, 0.2) is 30.3 Å². The van der Waals surface area contributed by atoms with E-state index in [9.17, 15) is 0 Å². The van der Waals surface area contributed by atoms with Crippen molar-refractivity contribution >= 4 is 5.57 Å². The van der Waals surface area contributed by atoms with Gasteiger partial charge in [-0.3, -0.25) is 0 Å². The van der Waals surface area contributed by atoms with Gasteiger partial charge in [0.2, 0.25) is 0 Å². The molecule has 0 aliphatic carbocycles. The van der Waals surface area contributed by atoms with Crippen molar-refractivity contribution in [3.63, 3.8) is 0 Å². The standard InChI is InChI=1S/C17H26O/c1-6-7-17(14(4)5)15-8-10-16(11-9-15)18-12-13(2)3/h7-11,13-14H,6,12H2,1-5H3. The Morgan fingerprint density at radius 2 is 1.72 bits per heavy atom. The Kier molecular flexibility index (Phi) is 5.97. The fourth-order valence-corrected chi connectivity index (χ4v) is 1.91. The SMILES string of the molecule is CCC=C(c1ccc(OCC(C)C)cc1)C(C)C. The molecule has 0 heterocycles. The molecule has 100 valence electrons. The molecule has 0 atom stereocenters. The second-order valence-corrected chi connectivity index (χ2v) is 5.45. The molecule has 1 aromatic carbocycles. The van der Waals surface area contributed by atoms with Crippen molar-refractivity contribution < 1.29 is 4.74 Å². The summed E-state index contributed by atoms with van der Waals surface area (Å²) < 4.78 is 5.70. The summed E-state index contributed by atoms with van der Waals surface area (Å²) in [6, 6.07) is 8.47. The Labute approximate surface area is 112 Å². The lowest BCUT2D eigenvalue weighted by molar-refractivity contribution is 0.271. The van der Waals surface area contributed by atoms with E-state index in [0.29, 0.717) is 11.8 Å². The normalized spacial score (nSPS) is 12.3. The molecule has 0 aliphatic heterocycles. The Morgan fingerprint density at radius 3 is 2.17 bits per heavy atom. The van der Waals surface area contributed by atoms with Gasteiger partial charge in [0.15, 0.2) is 0 Å². The van der Waals surface area contributed by atoms with Gasteiger partial charge in [0.05, 0.1) is 6.61 Å². The van der Waals surface area contributed by atoms with Crippen molar-refractivity contribution in [2.45, 2.75) is 41.0 Å². The van der Waals surface area contributed by atoms with Gasteiger partial charge in [0, 0.05) is 0 Å². The molecule has 0 saturated heterocycles. The van der Waals surface area contributed by atoms with E-state index in [4.69, 9.17) is 4.74 Å². The average Bonchev–Trinajstić information content (AvgIpc) is 2.34. The van der Waals surface area contributed by atoms with Crippen molar-refractivity contribution in [3.8, 4) is 5.75 Å². The van der Waals surface area contributed by atoms with Gasteiger partial charge < -0.3 is 4.74 Å². The molecule has 0 radical (unpaired) electrons. The van der Waals surface area contributed by atoms with E-state index < -0.39 is 0 Å². The summed E-state index contributed by atoms with van der Waals surface area (Å²) in [5.74, 6) is 2.09. The van der Waals surface area contributed by atoms with E-state index in [1.807, 2.05) is 0 Å². The zero-order chi connectivity index (χ0) is 13.5. The highest BCUT2D eigenvalue weighted by Gasteiger charge is 2.06. The molecule has 0 fully saturated rings. The first-order valence-corrected chi connectivity index (χ1v) is 6.97. The summed E-state index contributed by atoms with van der Waals surface area (Å²) in [4.78, 5) is 0. The van der Waals surface area contributed by atoms with Crippen LogP contribution in [0.2, 0.25) is 0 Å². The first-order valence-electron chi connectivity index (χ1n) is 6.97. The molecule has 1 nitrogen and oxygen atoms in total. The first kappa shape index (κ1) is 14.8. The average molecular weight is 246 g/mol. The molecule has 0 bridgehead atoms. The van der Waals surface area contributed by atoms with Crippen LogP contribution in [0, 0.1) is 11.8 Å². The van der Waals surface area contributed by atoms with E-state index in [1.54, 1.807) is 0 Å². The predicted octanol–water partition coefficient (Wildman–Crippen LogP) is 5.17. The summed E-state index contributed by atoms with van der Waals surface area (Å²) in [5.41, 5.74) is 2.73. The van der Waals surface area contributed by atoms with E-state index in [0.717, 1.165) is 18.8 Å². The van der Waals surface area contributed by atoms with Crippen molar-refractivity contribution in [2.24, 2.45) is 11.8 Å². The third kappa shape index (κ3) is 4.56. The number of rotatable bonds is 6. The zero-order valence-electron chi connectivity index (χ0n) is 12.4. The molecular weight excluding hydrogens is 220 g/mol. The minimum atomic E-state index is 0.562. The fourth-order valence-electron chi connectivity index (χ4n) is 1.91. The third-order valence-corrected chi connectivity index (χ3v) is 2.82. The van der Waals surface area contributed by atoms with Gasteiger partial charge in [-0.25, -0.2) is 0 Å². The lowest BCUT2D eigenvalue weighted by Gasteiger charge is -2.13. The second-order valence-electron chi connectivity index (χ2n) is 5.45. The highest BCUT2D eigenvalue weighted by atomic mass is 16.5. The Balaban J connectivity index is 2.78. The Morgan fingerprint density at radius 1 is 1.11 bits per heavy atom. The molecule has 1 heteroatoms. The smallest absolute Gasteiger partial charge is 0.119 e. The molecule has 0 unspecified atom stereocenters. The maximum Gasteiger partial charge on any atom is 0.119 e. The quantitative estimate of drug-likeness (QED) is 0.672. The maximum absolute atomic E-state index is 5.70. The molecule has 1 rings (SSSR count). The minimum Gasteiger partial charge on any atom is -0.493 e. The molecule has 0 saturated carbocycles. The number of hydrogen-bond acceptors (Lipinski definition) is 1. The van der Waals surface area contributed by atoms with Crippen molar-refractivity contribution in [1.82, 2.24) is 0 Å². The summed E-state index contributed by atoms with van der Waals surface area (Å²) in [6.07, 6.45) is 3.40. The molecule has 0 amide bonds. The van der Waals surface area contributed by atoms with Crippen molar-refractivity contribution in [3.05, 3.63) is 35.9 Å². The van der Waals surface area contributed by atoms with Crippen LogP contribution in [0.4, 0.5) is 0 Å². The second kappa shape index (κ2) is 7.25. The van der Waals surface area contributed by atoms with Crippen molar-refractivity contribution in [1.29, 1.82) is 0 Å². The monoisotopic (exact) mass is 246 g/mol. The van der Waals surface area contributed by atoms with E-state index in [1.165, 1.54) is 11.1 Å². The Hall–Kier alpha value is -1.24. The van der Waals surface area contributed by atoms with Crippen LogP contribution in [0.5, 0.6) is 5.75 Å². The van der Waals surface area contributed by atoms with Crippen LogP contribution in [-0.2, 0) is 0 Å². The van der Waals surface area contributed by atoms with Gasteiger partial charge in [-0.15, -0.1) is 0 Å². The zero-order valence-corrected chi connectivity index (χ0v) is 12.4. The van der Waals surface area contributed by atoms with Crippen LogP contribution < -0.4 is 4.74 Å². The lowest BCUT2D eigenvalue weighted by Crippen LogP contribution is -2.04.